The van der Waals surface area contributed by atoms with E-state index in [4.69, 9.17) is 23.8 Å². The lowest BCUT2D eigenvalue weighted by molar-refractivity contribution is 0.0978. The summed E-state index contributed by atoms with van der Waals surface area (Å²) in [5.74, 6) is -0.326. The van der Waals surface area contributed by atoms with E-state index in [1.54, 1.807) is 12.1 Å². The standard InChI is InChI=1S/C17H16ClIN2OS/c1-9-6-10(2)15(11(3)7-9)20-17(23)21-16(22)13-8-12(19)4-5-14(13)18/h4-8H,1-3H3,(H2,20,21,22,23). The van der Waals surface area contributed by atoms with E-state index in [1.807, 2.05) is 26.8 Å². The van der Waals surface area contributed by atoms with Gasteiger partial charge in [0.25, 0.3) is 5.91 Å². The Balaban J connectivity index is 2.14. The molecule has 0 bridgehead atoms. The first-order valence-electron chi connectivity index (χ1n) is 6.93. The van der Waals surface area contributed by atoms with Gasteiger partial charge in [-0.25, -0.2) is 0 Å². The molecule has 2 N–H and O–H groups in total. The second kappa shape index (κ2) is 7.59. The van der Waals surface area contributed by atoms with Crippen LogP contribution in [0.1, 0.15) is 27.0 Å². The van der Waals surface area contributed by atoms with Gasteiger partial charge in [0.15, 0.2) is 5.11 Å². The largest absolute Gasteiger partial charge is 0.332 e. The van der Waals surface area contributed by atoms with Gasteiger partial charge < -0.3 is 5.32 Å². The molecule has 0 fully saturated rings. The molecule has 0 saturated heterocycles. The Labute approximate surface area is 159 Å². The van der Waals surface area contributed by atoms with Crippen molar-refractivity contribution in [3.05, 3.63) is 61.2 Å². The molecule has 3 nitrogen and oxygen atoms in total. The smallest absolute Gasteiger partial charge is 0.258 e. The first-order valence-corrected chi connectivity index (χ1v) is 8.79. The van der Waals surface area contributed by atoms with Crippen LogP contribution in [0.3, 0.4) is 0 Å². The summed E-state index contributed by atoms with van der Waals surface area (Å²) >= 11 is 13.5. The monoisotopic (exact) mass is 458 g/mol. The quantitative estimate of drug-likeness (QED) is 0.492. The van der Waals surface area contributed by atoms with E-state index in [2.05, 4.69) is 45.4 Å². The highest BCUT2D eigenvalue weighted by molar-refractivity contribution is 14.1. The van der Waals surface area contributed by atoms with Crippen LogP contribution >= 0.6 is 46.4 Å². The third-order valence-corrected chi connectivity index (χ3v) is 4.52. The topological polar surface area (TPSA) is 41.1 Å². The van der Waals surface area contributed by atoms with Crippen molar-refractivity contribution in [1.82, 2.24) is 5.32 Å². The SMILES string of the molecule is Cc1cc(C)c(NC(=S)NC(=O)c2cc(I)ccc2Cl)c(C)c1. The van der Waals surface area contributed by atoms with E-state index < -0.39 is 0 Å². The molecule has 23 heavy (non-hydrogen) atoms. The minimum atomic E-state index is -0.326. The van der Waals surface area contributed by atoms with Gasteiger partial charge in [-0.15, -0.1) is 0 Å². The van der Waals surface area contributed by atoms with Crippen molar-refractivity contribution < 1.29 is 4.79 Å². The molecule has 0 spiro atoms. The van der Waals surface area contributed by atoms with Crippen molar-refractivity contribution in [2.24, 2.45) is 0 Å². The van der Waals surface area contributed by atoms with Crippen molar-refractivity contribution in [3.8, 4) is 0 Å². The van der Waals surface area contributed by atoms with E-state index >= 15 is 0 Å². The van der Waals surface area contributed by atoms with Crippen molar-refractivity contribution in [2.75, 3.05) is 5.32 Å². The van der Waals surface area contributed by atoms with Crippen molar-refractivity contribution in [2.45, 2.75) is 20.8 Å². The van der Waals surface area contributed by atoms with Crippen LogP contribution in [-0.4, -0.2) is 11.0 Å². The molecular formula is C17H16ClIN2OS. The van der Waals surface area contributed by atoms with Crippen LogP contribution in [0.2, 0.25) is 5.02 Å². The summed E-state index contributed by atoms with van der Waals surface area (Å²) in [5.41, 5.74) is 4.65. The minimum Gasteiger partial charge on any atom is -0.332 e. The van der Waals surface area contributed by atoms with Gasteiger partial charge in [0.05, 0.1) is 10.6 Å². The fourth-order valence-corrected chi connectivity index (χ4v) is 3.25. The Morgan fingerprint density at radius 2 is 1.74 bits per heavy atom. The predicted molar refractivity (Wildman–Crippen MR) is 109 cm³/mol. The van der Waals surface area contributed by atoms with Gasteiger partial charge in [-0.1, -0.05) is 29.3 Å². The number of halogens is 2. The van der Waals surface area contributed by atoms with Crippen LogP contribution in [-0.2, 0) is 0 Å². The molecule has 0 aromatic heterocycles. The third-order valence-electron chi connectivity index (χ3n) is 3.32. The predicted octanol–water partition coefficient (Wildman–Crippen LogP) is 5.00. The fraction of sp³-hybridized carbons (Fsp3) is 0.176. The van der Waals surface area contributed by atoms with Gasteiger partial charge >= 0.3 is 0 Å². The molecule has 0 unspecified atom stereocenters. The molecule has 0 saturated carbocycles. The second-order valence-electron chi connectivity index (χ2n) is 5.31. The van der Waals surface area contributed by atoms with Crippen molar-refractivity contribution in [1.29, 1.82) is 0 Å². The number of hydrogen-bond donors (Lipinski definition) is 2. The number of benzene rings is 2. The maximum Gasteiger partial charge on any atom is 0.258 e. The van der Waals surface area contributed by atoms with E-state index in [1.165, 1.54) is 5.56 Å². The average Bonchev–Trinajstić information content (AvgIpc) is 2.45. The maximum atomic E-state index is 12.3. The zero-order valence-corrected chi connectivity index (χ0v) is 16.7. The van der Waals surface area contributed by atoms with Crippen LogP contribution in [0.15, 0.2) is 30.3 Å². The molecule has 0 heterocycles. The van der Waals surface area contributed by atoms with Crippen LogP contribution in [0.25, 0.3) is 0 Å². The maximum absolute atomic E-state index is 12.3. The third kappa shape index (κ3) is 4.65. The van der Waals surface area contributed by atoms with E-state index in [0.717, 1.165) is 20.4 Å². The van der Waals surface area contributed by atoms with E-state index in [0.29, 0.717) is 10.6 Å². The van der Waals surface area contributed by atoms with E-state index in [-0.39, 0.29) is 11.0 Å². The number of rotatable bonds is 2. The summed E-state index contributed by atoms with van der Waals surface area (Å²) in [6.07, 6.45) is 0. The first kappa shape index (κ1) is 18.2. The van der Waals surface area contributed by atoms with Gasteiger partial charge in [0.2, 0.25) is 0 Å². The lowest BCUT2D eigenvalue weighted by Crippen LogP contribution is -2.34. The summed E-state index contributed by atoms with van der Waals surface area (Å²) in [6.45, 7) is 6.05. The Kier molecular flexibility index (Phi) is 6.00. The molecule has 0 aliphatic heterocycles. The molecule has 2 aromatic rings. The van der Waals surface area contributed by atoms with Gasteiger partial charge in [-0.05, 0) is 84.9 Å². The molecule has 2 rings (SSSR count). The second-order valence-corrected chi connectivity index (χ2v) is 7.37. The molecule has 1 amide bonds. The van der Waals surface area contributed by atoms with Gasteiger partial charge in [-0.2, -0.15) is 0 Å². The number of hydrogen-bond acceptors (Lipinski definition) is 2. The minimum absolute atomic E-state index is 0.250. The zero-order chi connectivity index (χ0) is 17.1. The fourth-order valence-electron chi connectivity index (χ4n) is 2.36. The molecular weight excluding hydrogens is 443 g/mol. The molecule has 0 atom stereocenters. The number of carbonyl (C=O) groups is 1. The van der Waals surface area contributed by atoms with Crippen LogP contribution in [0, 0.1) is 24.3 Å². The highest BCUT2D eigenvalue weighted by atomic mass is 127. The van der Waals surface area contributed by atoms with Crippen LogP contribution in [0.5, 0.6) is 0 Å². The highest BCUT2D eigenvalue weighted by Gasteiger charge is 2.13. The summed E-state index contributed by atoms with van der Waals surface area (Å²) in [6, 6.07) is 9.40. The molecule has 120 valence electrons. The number of nitrogens with one attached hydrogen (secondary N) is 2. The molecule has 0 aliphatic carbocycles. The number of carbonyl (C=O) groups excluding carboxylic acids is 1. The van der Waals surface area contributed by atoms with Gasteiger partial charge in [0, 0.05) is 9.26 Å². The van der Waals surface area contributed by atoms with Crippen LogP contribution in [0.4, 0.5) is 5.69 Å². The Morgan fingerprint density at radius 3 is 2.35 bits per heavy atom. The Hall–Kier alpha value is -1.18. The Morgan fingerprint density at radius 1 is 1.13 bits per heavy atom. The summed E-state index contributed by atoms with van der Waals surface area (Å²) < 4.78 is 0.932. The first-order chi connectivity index (χ1) is 10.8. The van der Waals surface area contributed by atoms with Crippen molar-refractivity contribution >= 4 is 63.1 Å². The van der Waals surface area contributed by atoms with Gasteiger partial charge in [-0.3, -0.25) is 10.1 Å². The molecule has 2 aromatic carbocycles. The highest BCUT2D eigenvalue weighted by Crippen LogP contribution is 2.22. The van der Waals surface area contributed by atoms with Gasteiger partial charge in [0.1, 0.15) is 0 Å². The lowest BCUT2D eigenvalue weighted by atomic mass is 10.1. The van der Waals surface area contributed by atoms with E-state index in [9.17, 15) is 4.79 Å². The molecule has 0 aliphatic rings. The summed E-state index contributed by atoms with van der Waals surface area (Å²) in [4.78, 5) is 12.3. The summed E-state index contributed by atoms with van der Waals surface area (Å²) in [7, 11) is 0. The van der Waals surface area contributed by atoms with Crippen LogP contribution < -0.4 is 10.6 Å². The average molecular weight is 459 g/mol. The van der Waals surface area contributed by atoms with Crippen molar-refractivity contribution in [3.63, 3.8) is 0 Å². The molecule has 6 heteroatoms. The number of anilines is 1. The number of amides is 1. The molecule has 0 radical (unpaired) electrons. The summed E-state index contributed by atoms with van der Waals surface area (Å²) in [5, 5.41) is 6.42. The lowest BCUT2D eigenvalue weighted by Gasteiger charge is -2.15. The number of aryl methyl sites for hydroxylation is 3. The normalized spacial score (nSPS) is 10.3. The number of thiocarbonyl (C=S) groups is 1. The zero-order valence-electron chi connectivity index (χ0n) is 13.0. The Bertz CT molecular complexity index is 769.